The van der Waals surface area contributed by atoms with Crippen molar-refractivity contribution in [3.63, 3.8) is 0 Å². The number of para-hydroxylation sites is 1. The summed E-state index contributed by atoms with van der Waals surface area (Å²) in [6.07, 6.45) is -3.32. The maximum atomic E-state index is 13.6. The minimum absolute atomic E-state index is 0.0654. The molecule has 0 aliphatic rings. The van der Waals surface area contributed by atoms with Crippen LogP contribution in [-0.4, -0.2) is 15.0 Å². The van der Waals surface area contributed by atoms with E-state index >= 15 is 0 Å². The largest absolute Gasteiger partial charge is 0.383 e. The molecule has 0 fully saturated rings. The van der Waals surface area contributed by atoms with Gasteiger partial charge in [-0.15, -0.1) is 0 Å². The fourth-order valence-corrected chi connectivity index (χ4v) is 2.11. The second-order valence-electron chi connectivity index (χ2n) is 4.61. The van der Waals surface area contributed by atoms with Gasteiger partial charge in [-0.3, -0.25) is 15.1 Å². The first kappa shape index (κ1) is 15.9. The van der Waals surface area contributed by atoms with Gasteiger partial charge in [0.05, 0.1) is 10.5 Å². The van der Waals surface area contributed by atoms with Crippen LogP contribution in [0.5, 0.6) is 0 Å². The Labute approximate surface area is 123 Å². The van der Waals surface area contributed by atoms with Crippen LogP contribution < -0.4 is 0 Å². The average Bonchev–Trinajstić information content (AvgIpc) is 2.45. The molecule has 0 aliphatic heterocycles. The molecule has 0 saturated heterocycles. The Kier molecular flexibility index (Phi) is 4.41. The summed E-state index contributed by atoms with van der Waals surface area (Å²) in [5.41, 5.74) is -1.37. The molecule has 5 nitrogen and oxygen atoms in total. The van der Waals surface area contributed by atoms with Gasteiger partial charge in [-0.1, -0.05) is 6.07 Å². The number of aromatic nitrogens is 1. The van der Waals surface area contributed by atoms with Crippen LogP contribution in [0.15, 0.2) is 30.5 Å². The number of benzene rings is 1. The summed E-state index contributed by atoms with van der Waals surface area (Å²) >= 11 is 0. The van der Waals surface area contributed by atoms with Crippen molar-refractivity contribution < 1.29 is 23.2 Å². The Hall–Kier alpha value is -2.48. The van der Waals surface area contributed by atoms with Gasteiger partial charge in [0.25, 0.3) is 6.43 Å². The van der Waals surface area contributed by atoms with Crippen LogP contribution in [0.2, 0.25) is 0 Å². The first-order chi connectivity index (χ1) is 10.3. The van der Waals surface area contributed by atoms with Crippen LogP contribution in [-0.2, 0) is 0 Å². The number of aryl methyl sites for hydroxylation is 1. The third kappa shape index (κ3) is 2.91. The van der Waals surface area contributed by atoms with E-state index in [1.165, 1.54) is 25.1 Å². The number of aliphatic hydroxyl groups excluding tert-OH is 1. The number of aliphatic hydroxyl groups is 1. The minimum Gasteiger partial charge on any atom is -0.383 e. The second-order valence-corrected chi connectivity index (χ2v) is 4.61. The molecule has 1 unspecified atom stereocenters. The summed E-state index contributed by atoms with van der Waals surface area (Å²) in [7, 11) is 0. The zero-order chi connectivity index (χ0) is 16.4. The van der Waals surface area contributed by atoms with Crippen molar-refractivity contribution in [2.75, 3.05) is 0 Å². The first-order valence-corrected chi connectivity index (χ1v) is 6.18. The zero-order valence-corrected chi connectivity index (χ0v) is 11.3. The van der Waals surface area contributed by atoms with Crippen molar-refractivity contribution in [2.24, 2.45) is 0 Å². The van der Waals surface area contributed by atoms with Crippen molar-refractivity contribution in [1.29, 1.82) is 0 Å². The fourth-order valence-electron chi connectivity index (χ4n) is 2.11. The number of nitro benzene ring substituents is 1. The highest BCUT2D eigenvalue weighted by atomic mass is 19.3. The van der Waals surface area contributed by atoms with Crippen LogP contribution in [0.1, 0.15) is 34.9 Å². The van der Waals surface area contributed by atoms with E-state index < -0.39 is 34.7 Å². The number of pyridine rings is 1. The number of hydrogen-bond donors (Lipinski definition) is 1. The molecule has 0 aliphatic carbocycles. The fraction of sp³-hybridized carbons (Fsp3) is 0.214. The predicted molar refractivity (Wildman–Crippen MR) is 71.0 cm³/mol. The normalized spacial score (nSPS) is 12.5. The number of nitrogens with zero attached hydrogens (tertiary/aromatic N) is 2. The van der Waals surface area contributed by atoms with Crippen LogP contribution >= 0.6 is 0 Å². The van der Waals surface area contributed by atoms with Gasteiger partial charge in [0.2, 0.25) is 5.82 Å². The van der Waals surface area contributed by atoms with Gasteiger partial charge in [0.1, 0.15) is 11.8 Å². The number of nitro groups is 1. The Morgan fingerprint density at radius 1 is 1.36 bits per heavy atom. The van der Waals surface area contributed by atoms with Gasteiger partial charge >= 0.3 is 5.69 Å². The van der Waals surface area contributed by atoms with E-state index in [4.69, 9.17) is 0 Å². The second kappa shape index (κ2) is 6.10. The van der Waals surface area contributed by atoms with Crippen molar-refractivity contribution in [3.05, 3.63) is 68.8 Å². The van der Waals surface area contributed by atoms with Gasteiger partial charge in [-0.2, -0.15) is 4.39 Å². The Morgan fingerprint density at radius 2 is 2.05 bits per heavy atom. The van der Waals surface area contributed by atoms with Crippen molar-refractivity contribution >= 4 is 5.69 Å². The van der Waals surface area contributed by atoms with Gasteiger partial charge in [-0.05, 0) is 30.7 Å². The van der Waals surface area contributed by atoms with Crippen LogP contribution in [0, 0.1) is 22.9 Å². The molecule has 1 N–H and O–H groups in total. The standard InChI is InChI=1S/C14H11F3N2O3/c1-7-5-8(6-18-11(7)14(16)17)13(20)9-3-2-4-10(15)12(9)19(21)22/h2-6,13-14,20H,1H3. The number of alkyl halides is 2. The molecule has 1 aromatic heterocycles. The van der Waals surface area contributed by atoms with Crippen molar-refractivity contribution in [3.8, 4) is 0 Å². The molecule has 0 amide bonds. The molecular formula is C14H11F3N2O3. The highest BCUT2D eigenvalue weighted by Crippen LogP contribution is 2.32. The van der Waals surface area contributed by atoms with Gasteiger partial charge in [0.15, 0.2) is 0 Å². The van der Waals surface area contributed by atoms with Crippen molar-refractivity contribution in [2.45, 2.75) is 19.5 Å². The SMILES string of the molecule is Cc1cc(C(O)c2cccc(F)c2[N+](=O)[O-])cnc1C(F)F. The molecule has 116 valence electrons. The van der Waals surface area contributed by atoms with E-state index in [-0.39, 0.29) is 16.7 Å². The lowest BCUT2D eigenvalue weighted by Crippen LogP contribution is -2.07. The average molecular weight is 312 g/mol. The molecule has 0 bridgehead atoms. The maximum absolute atomic E-state index is 13.6. The van der Waals surface area contributed by atoms with Gasteiger partial charge < -0.3 is 5.11 Å². The Balaban J connectivity index is 2.49. The van der Waals surface area contributed by atoms with Gasteiger partial charge in [0, 0.05) is 11.8 Å². The lowest BCUT2D eigenvalue weighted by Gasteiger charge is -2.13. The molecule has 2 rings (SSSR count). The van der Waals surface area contributed by atoms with Crippen LogP contribution in [0.3, 0.4) is 0 Å². The number of hydrogen-bond acceptors (Lipinski definition) is 4. The number of rotatable bonds is 4. The van der Waals surface area contributed by atoms with Crippen LogP contribution in [0.25, 0.3) is 0 Å². The summed E-state index contributed by atoms with van der Waals surface area (Å²) < 4.78 is 38.8. The van der Waals surface area contributed by atoms with E-state index in [9.17, 15) is 28.4 Å². The third-order valence-corrected chi connectivity index (χ3v) is 3.16. The van der Waals surface area contributed by atoms with E-state index in [2.05, 4.69) is 4.98 Å². The first-order valence-electron chi connectivity index (χ1n) is 6.18. The Morgan fingerprint density at radius 3 is 2.59 bits per heavy atom. The number of halogens is 3. The maximum Gasteiger partial charge on any atom is 0.310 e. The van der Waals surface area contributed by atoms with Crippen LogP contribution in [0.4, 0.5) is 18.9 Å². The van der Waals surface area contributed by atoms with E-state index in [0.717, 1.165) is 12.3 Å². The lowest BCUT2D eigenvalue weighted by molar-refractivity contribution is -0.388. The summed E-state index contributed by atoms with van der Waals surface area (Å²) in [5, 5.41) is 21.1. The topological polar surface area (TPSA) is 76.3 Å². The molecular weight excluding hydrogens is 301 g/mol. The highest BCUT2D eigenvalue weighted by molar-refractivity contribution is 5.46. The zero-order valence-electron chi connectivity index (χ0n) is 11.3. The molecule has 1 aromatic carbocycles. The summed E-state index contributed by atoms with van der Waals surface area (Å²) in [6, 6.07) is 4.56. The Bertz CT molecular complexity index is 722. The molecule has 2 aromatic rings. The lowest BCUT2D eigenvalue weighted by atomic mass is 9.99. The molecule has 0 saturated carbocycles. The minimum atomic E-state index is -2.77. The monoisotopic (exact) mass is 312 g/mol. The molecule has 0 radical (unpaired) electrons. The third-order valence-electron chi connectivity index (χ3n) is 3.16. The van der Waals surface area contributed by atoms with E-state index in [1.54, 1.807) is 0 Å². The van der Waals surface area contributed by atoms with E-state index in [0.29, 0.717) is 0 Å². The molecule has 0 spiro atoms. The molecule has 8 heteroatoms. The predicted octanol–water partition coefficient (Wildman–Crippen LogP) is 3.46. The molecule has 1 atom stereocenters. The van der Waals surface area contributed by atoms with Crippen molar-refractivity contribution in [1.82, 2.24) is 4.98 Å². The summed E-state index contributed by atoms with van der Waals surface area (Å²) in [4.78, 5) is 13.5. The quantitative estimate of drug-likeness (QED) is 0.693. The molecule has 22 heavy (non-hydrogen) atoms. The highest BCUT2D eigenvalue weighted by Gasteiger charge is 2.26. The molecule has 1 heterocycles. The smallest absolute Gasteiger partial charge is 0.310 e. The van der Waals surface area contributed by atoms with Gasteiger partial charge in [-0.25, -0.2) is 8.78 Å². The van der Waals surface area contributed by atoms with E-state index in [1.807, 2.05) is 0 Å². The summed E-state index contributed by atoms with van der Waals surface area (Å²) in [5.74, 6) is -1.09. The summed E-state index contributed by atoms with van der Waals surface area (Å²) in [6.45, 7) is 1.38.